The summed E-state index contributed by atoms with van der Waals surface area (Å²) in [6.07, 6.45) is -0.564. The van der Waals surface area contributed by atoms with Crippen LogP contribution in [0, 0.1) is 0 Å². The Bertz CT molecular complexity index is 586. The van der Waals surface area contributed by atoms with Crippen LogP contribution in [0.2, 0.25) is 0 Å². The Morgan fingerprint density at radius 1 is 1.24 bits per heavy atom. The molecule has 8 heteroatoms. The van der Waals surface area contributed by atoms with Crippen LogP contribution in [0.1, 0.15) is 44.1 Å². The molecule has 1 unspecified atom stereocenters. The number of aromatic nitrogens is 2. The first-order chi connectivity index (χ1) is 12.1. The molecule has 0 saturated carbocycles. The zero-order valence-electron chi connectivity index (χ0n) is 15.3. The lowest BCUT2D eigenvalue weighted by Gasteiger charge is -2.29. The molecule has 142 valence electrons. The highest BCUT2D eigenvalue weighted by atomic mass is 16.7. The highest BCUT2D eigenvalue weighted by molar-refractivity contribution is 5.21. The van der Waals surface area contributed by atoms with Gasteiger partial charge in [0.15, 0.2) is 5.82 Å². The van der Waals surface area contributed by atoms with Crippen molar-refractivity contribution in [3.8, 4) is 0 Å². The summed E-state index contributed by atoms with van der Waals surface area (Å²) in [6, 6.07) is 0. The maximum atomic E-state index is 12.5. The van der Waals surface area contributed by atoms with Crippen LogP contribution in [-0.4, -0.2) is 65.6 Å². The van der Waals surface area contributed by atoms with E-state index in [1.165, 1.54) is 0 Å². The van der Waals surface area contributed by atoms with Crippen LogP contribution in [0.15, 0.2) is 4.79 Å². The van der Waals surface area contributed by atoms with Gasteiger partial charge in [-0.2, -0.15) is 0 Å². The van der Waals surface area contributed by atoms with Crippen molar-refractivity contribution in [2.24, 2.45) is 0 Å². The second kappa shape index (κ2) is 9.98. The fraction of sp³-hybridized carbons (Fsp3) is 0.765. The van der Waals surface area contributed by atoms with Crippen LogP contribution in [0.25, 0.3) is 0 Å². The van der Waals surface area contributed by atoms with Gasteiger partial charge >= 0.3 is 0 Å². The van der Waals surface area contributed by atoms with E-state index in [1.54, 1.807) is 0 Å². The third-order valence-corrected chi connectivity index (χ3v) is 4.01. The maximum absolute atomic E-state index is 12.5. The van der Waals surface area contributed by atoms with Crippen molar-refractivity contribution in [1.29, 1.82) is 0 Å². The molecule has 2 N–H and O–H groups in total. The van der Waals surface area contributed by atoms with Crippen LogP contribution >= 0.6 is 0 Å². The first kappa shape index (κ1) is 20.0. The molecule has 0 fully saturated rings. The largest absolute Gasteiger partial charge is 0.389 e. The van der Waals surface area contributed by atoms with Crippen LogP contribution in [0.4, 0.5) is 0 Å². The minimum Gasteiger partial charge on any atom is -0.389 e. The van der Waals surface area contributed by atoms with Gasteiger partial charge < -0.3 is 24.3 Å². The Morgan fingerprint density at radius 3 is 2.60 bits per heavy atom. The average Bonchev–Trinajstić information content (AvgIpc) is 2.60. The number of nitrogens with one attached hydrogen (secondary N) is 1. The van der Waals surface area contributed by atoms with Gasteiger partial charge in [-0.1, -0.05) is 0 Å². The van der Waals surface area contributed by atoms with Gasteiger partial charge in [0.1, 0.15) is 0 Å². The Labute approximate surface area is 148 Å². The summed E-state index contributed by atoms with van der Waals surface area (Å²) in [5.74, 6) is 0.414. The molecule has 25 heavy (non-hydrogen) atoms. The van der Waals surface area contributed by atoms with E-state index in [9.17, 15) is 9.90 Å². The lowest BCUT2D eigenvalue weighted by Crippen LogP contribution is -2.41. The van der Waals surface area contributed by atoms with Crippen molar-refractivity contribution < 1.29 is 19.3 Å². The van der Waals surface area contributed by atoms with Crippen LogP contribution in [0.3, 0.4) is 0 Å². The van der Waals surface area contributed by atoms with E-state index in [0.717, 1.165) is 12.2 Å². The molecule has 1 aromatic heterocycles. The first-order valence-corrected chi connectivity index (χ1v) is 8.92. The van der Waals surface area contributed by atoms with Gasteiger partial charge in [-0.3, -0.25) is 9.69 Å². The van der Waals surface area contributed by atoms with Gasteiger partial charge in [0, 0.05) is 45.9 Å². The van der Waals surface area contributed by atoms with E-state index < -0.39 is 12.4 Å². The summed E-state index contributed by atoms with van der Waals surface area (Å²) >= 11 is 0. The zero-order chi connectivity index (χ0) is 18.2. The SMILES string of the molecule is CCOCC(O)CN1CCc2nc(C(OCC)OCC)[nH]c(=O)c2C1. The lowest BCUT2D eigenvalue weighted by atomic mass is 10.1. The number of rotatable bonds is 10. The predicted molar refractivity (Wildman–Crippen MR) is 92.3 cm³/mol. The fourth-order valence-electron chi connectivity index (χ4n) is 2.88. The van der Waals surface area contributed by atoms with Crippen LogP contribution < -0.4 is 5.56 Å². The maximum Gasteiger partial charge on any atom is 0.255 e. The molecule has 1 aromatic rings. The van der Waals surface area contributed by atoms with Gasteiger partial charge in [0.2, 0.25) is 6.29 Å². The Balaban J connectivity index is 2.09. The van der Waals surface area contributed by atoms with E-state index in [-0.39, 0.29) is 5.56 Å². The third-order valence-electron chi connectivity index (χ3n) is 4.01. The second-order valence-corrected chi connectivity index (χ2v) is 5.92. The van der Waals surface area contributed by atoms with E-state index in [2.05, 4.69) is 9.97 Å². The number of nitrogens with zero attached hydrogens (tertiary/aromatic N) is 2. The molecule has 0 aromatic carbocycles. The van der Waals surface area contributed by atoms with Crippen LogP contribution in [0.5, 0.6) is 0 Å². The summed E-state index contributed by atoms with van der Waals surface area (Å²) < 4.78 is 16.3. The monoisotopic (exact) mass is 355 g/mol. The van der Waals surface area contributed by atoms with Gasteiger partial charge in [-0.15, -0.1) is 0 Å². The molecule has 0 amide bonds. The number of aromatic amines is 1. The number of aliphatic hydroxyl groups is 1. The van der Waals surface area contributed by atoms with Gasteiger partial charge in [-0.25, -0.2) is 4.98 Å². The quantitative estimate of drug-likeness (QED) is 0.593. The Hall–Kier alpha value is -1.32. The molecule has 0 aliphatic carbocycles. The fourth-order valence-corrected chi connectivity index (χ4v) is 2.88. The molecule has 0 spiro atoms. The van der Waals surface area contributed by atoms with Crippen molar-refractivity contribution in [2.75, 3.05) is 39.5 Å². The molecule has 0 bridgehead atoms. The topological polar surface area (TPSA) is 96.9 Å². The van der Waals surface area contributed by atoms with Crippen molar-refractivity contribution in [3.05, 3.63) is 27.4 Å². The van der Waals surface area contributed by atoms with Crippen molar-refractivity contribution in [1.82, 2.24) is 14.9 Å². The molecule has 8 nitrogen and oxygen atoms in total. The number of ether oxygens (including phenoxy) is 3. The summed E-state index contributed by atoms with van der Waals surface area (Å²) in [5, 5.41) is 9.98. The Kier molecular flexibility index (Phi) is 7.98. The van der Waals surface area contributed by atoms with Crippen molar-refractivity contribution in [2.45, 2.75) is 46.1 Å². The number of hydrogen-bond donors (Lipinski definition) is 2. The highest BCUT2D eigenvalue weighted by Crippen LogP contribution is 2.18. The average molecular weight is 355 g/mol. The molecular weight excluding hydrogens is 326 g/mol. The summed E-state index contributed by atoms with van der Waals surface area (Å²) in [7, 11) is 0. The third kappa shape index (κ3) is 5.58. The standard InChI is InChI=1S/C17H29N3O5/c1-4-23-11-12(21)9-20-8-7-14-13(10-20)16(22)19-15(18-14)17(24-5-2)25-6-3/h12,17,21H,4-11H2,1-3H3,(H,18,19,22). The molecule has 0 radical (unpaired) electrons. The number of hydrogen-bond acceptors (Lipinski definition) is 7. The predicted octanol–water partition coefficient (Wildman–Crippen LogP) is 0.597. The normalized spacial score (nSPS) is 16.2. The number of aliphatic hydroxyl groups excluding tert-OH is 1. The molecule has 2 rings (SSSR count). The number of β-amino-alcohol motifs (C(OH)–C–C–N with tert-alkyl or cyclic N) is 1. The summed E-state index contributed by atoms with van der Waals surface area (Å²) in [6.45, 7) is 9.13. The van der Waals surface area contributed by atoms with E-state index in [0.29, 0.717) is 57.3 Å². The van der Waals surface area contributed by atoms with Crippen LogP contribution in [-0.2, 0) is 27.2 Å². The summed E-state index contributed by atoms with van der Waals surface area (Å²) in [5.41, 5.74) is 1.25. The molecule has 0 saturated heterocycles. The minimum atomic E-state index is -0.654. The van der Waals surface area contributed by atoms with Gasteiger partial charge in [0.05, 0.1) is 24.0 Å². The van der Waals surface area contributed by atoms with Gasteiger partial charge in [0.25, 0.3) is 5.56 Å². The van der Waals surface area contributed by atoms with Crippen molar-refractivity contribution in [3.63, 3.8) is 0 Å². The minimum absolute atomic E-state index is 0.173. The molecular formula is C17H29N3O5. The number of fused-ring (bicyclic) bond motifs is 1. The smallest absolute Gasteiger partial charge is 0.255 e. The first-order valence-electron chi connectivity index (χ1n) is 8.92. The zero-order valence-corrected chi connectivity index (χ0v) is 15.3. The van der Waals surface area contributed by atoms with E-state index >= 15 is 0 Å². The van der Waals surface area contributed by atoms with Gasteiger partial charge in [-0.05, 0) is 20.8 Å². The molecule has 2 heterocycles. The number of H-pyrrole nitrogens is 1. The van der Waals surface area contributed by atoms with E-state index in [1.807, 2.05) is 25.7 Å². The van der Waals surface area contributed by atoms with E-state index in [4.69, 9.17) is 14.2 Å². The summed E-state index contributed by atoms with van der Waals surface area (Å²) in [4.78, 5) is 21.9. The highest BCUT2D eigenvalue weighted by Gasteiger charge is 2.25. The lowest BCUT2D eigenvalue weighted by molar-refractivity contribution is -0.145. The molecule has 1 aliphatic heterocycles. The molecule has 1 atom stereocenters. The van der Waals surface area contributed by atoms with Crippen molar-refractivity contribution >= 4 is 0 Å². The Morgan fingerprint density at radius 2 is 1.96 bits per heavy atom. The molecule has 1 aliphatic rings. The second-order valence-electron chi connectivity index (χ2n) is 5.92.